The summed E-state index contributed by atoms with van der Waals surface area (Å²) in [6, 6.07) is 1.85. The lowest BCUT2D eigenvalue weighted by Gasteiger charge is -2.21. The summed E-state index contributed by atoms with van der Waals surface area (Å²) in [5.41, 5.74) is 2.33. The number of aryl methyl sites for hydroxylation is 2. The van der Waals surface area contributed by atoms with Crippen LogP contribution in [-0.4, -0.2) is 28.9 Å². The van der Waals surface area contributed by atoms with Gasteiger partial charge >= 0.3 is 0 Å². The zero-order chi connectivity index (χ0) is 13.9. The number of amides is 1. The number of hydrogen-bond acceptors (Lipinski definition) is 2. The van der Waals surface area contributed by atoms with Crippen LogP contribution in [0.25, 0.3) is 0 Å². The lowest BCUT2D eigenvalue weighted by molar-refractivity contribution is 0.0759. The Morgan fingerprint density at radius 2 is 1.70 bits per heavy atom. The molecule has 1 fully saturated rings. The molecule has 1 saturated heterocycles. The zero-order valence-electron chi connectivity index (χ0n) is 11.9. The van der Waals surface area contributed by atoms with E-state index in [1.807, 2.05) is 11.0 Å². The molecule has 1 aliphatic carbocycles. The van der Waals surface area contributed by atoms with Crippen molar-refractivity contribution in [2.24, 2.45) is 0 Å². The first-order chi connectivity index (χ1) is 9.75. The predicted octanol–water partition coefficient (Wildman–Crippen LogP) is 2.27. The summed E-state index contributed by atoms with van der Waals surface area (Å²) >= 11 is 0. The van der Waals surface area contributed by atoms with Gasteiger partial charge < -0.3 is 9.88 Å². The van der Waals surface area contributed by atoms with Crippen molar-refractivity contribution in [3.05, 3.63) is 33.2 Å². The maximum absolute atomic E-state index is 12.6. The lowest BCUT2D eigenvalue weighted by atomic mass is 9.95. The van der Waals surface area contributed by atoms with Gasteiger partial charge in [-0.25, -0.2) is 0 Å². The normalized spacial score (nSPS) is 19.3. The largest absolute Gasteiger partial charge is 0.338 e. The SMILES string of the molecule is O=C(c1cc2c([nH]c1=O)CCCC2)N1CCCCCC1. The molecular weight excluding hydrogens is 252 g/mol. The second-order valence-electron chi connectivity index (χ2n) is 5.93. The van der Waals surface area contributed by atoms with Crippen molar-refractivity contribution < 1.29 is 4.79 Å². The predicted molar refractivity (Wildman–Crippen MR) is 78.1 cm³/mol. The number of carbonyl (C=O) groups excluding carboxylic acids is 1. The Labute approximate surface area is 119 Å². The Balaban J connectivity index is 1.88. The number of nitrogens with zero attached hydrogens (tertiary/aromatic N) is 1. The molecule has 0 unspecified atom stereocenters. The van der Waals surface area contributed by atoms with E-state index in [1.165, 1.54) is 12.8 Å². The van der Waals surface area contributed by atoms with Crippen molar-refractivity contribution in [3.8, 4) is 0 Å². The number of nitrogens with one attached hydrogen (secondary N) is 1. The van der Waals surface area contributed by atoms with Gasteiger partial charge in [0.05, 0.1) is 0 Å². The number of pyridine rings is 1. The van der Waals surface area contributed by atoms with Gasteiger partial charge in [0.15, 0.2) is 0 Å². The van der Waals surface area contributed by atoms with Crippen molar-refractivity contribution in [1.82, 2.24) is 9.88 Å². The first-order valence-electron chi connectivity index (χ1n) is 7.80. The monoisotopic (exact) mass is 274 g/mol. The van der Waals surface area contributed by atoms with E-state index in [2.05, 4.69) is 4.98 Å². The summed E-state index contributed by atoms with van der Waals surface area (Å²) in [4.78, 5) is 29.5. The van der Waals surface area contributed by atoms with Gasteiger partial charge in [-0.1, -0.05) is 12.8 Å². The van der Waals surface area contributed by atoms with E-state index >= 15 is 0 Å². The fraction of sp³-hybridized carbons (Fsp3) is 0.625. The van der Waals surface area contributed by atoms with Gasteiger partial charge in [-0.05, 0) is 50.2 Å². The molecule has 1 aliphatic heterocycles. The Bertz CT molecular complexity index is 554. The highest BCUT2D eigenvalue weighted by Crippen LogP contribution is 2.19. The topological polar surface area (TPSA) is 53.2 Å². The van der Waals surface area contributed by atoms with Crippen LogP contribution < -0.4 is 5.56 Å². The molecule has 108 valence electrons. The molecule has 0 bridgehead atoms. The van der Waals surface area contributed by atoms with Crippen molar-refractivity contribution in [3.63, 3.8) is 0 Å². The van der Waals surface area contributed by atoms with Crippen molar-refractivity contribution in [2.45, 2.75) is 51.4 Å². The van der Waals surface area contributed by atoms with Crippen LogP contribution in [0.4, 0.5) is 0 Å². The smallest absolute Gasteiger partial charge is 0.261 e. The number of fused-ring (bicyclic) bond motifs is 1. The third-order valence-corrected chi connectivity index (χ3v) is 4.46. The molecule has 1 aromatic rings. The van der Waals surface area contributed by atoms with E-state index in [4.69, 9.17) is 0 Å². The maximum Gasteiger partial charge on any atom is 0.261 e. The van der Waals surface area contributed by atoms with Crippen LogP contribution in [0.2, 0.25) is 0 Å². The minimum absolute atomic E-state index is 0.0819. The van der Waals surface area contributed by atoms with Gasteiger partial charge in [0.2, 0.25) is 0 Å². The number of aromatic amines is 1. The zero-order valence-corrected chi connectivity index (χ0v) is 11.9. The highest BCUT2D eigenvalue weighted by Gasteiger charge is 2.22. The van der Waals surface area contributed by atoms with Crippen molar-refractivity contribution >= 4 is 5.91 Å². The Hall–Kier alpha value is -1.58. The average molecular weight is 274 g/mol. The van der Waals surface area contributed by atoms with Gasteiger partial charge in [-0.15, -0.1) is 0 Å². The minimum atomic E-state index is -0.208. The van der Waals surface area contributed by atoms with Crippen LogP contribution in [0.15, 0.2) is 10.9 Å². The second kappa shape index (κ2) is 5.81. The number of carbonyl (C=O) groups is 1. The van der Waals surface area contributed by atoms with Gasteiger partial charge in [0.1, 0.15) is 5.56 Å². The van der Waals surface area contributed by atoms with Crippen LogP contribution in [0.5, 0.6) is 0 Å². The number of likely N-dealkylation sites (tertiary alicyclic amines) is 1. The molecule has 3 rings (SSSR count). The molecule has 0 radical (unpaired) electrons. The van der Waals surface area contributed by atoms with E-state index in [1.54, 1.807) is 0 Å². The summed E-state index contributed by atoms with van der Waals surface area (Å²) in [7, 11) is 0. The molecule has 4 heteroatoms. The van der Waals surface area contributed by atoms with Crippen LogP contribution in [0, 0.1) is 0 Å². The first kappa shape index (κ1) is 13.4. The minimum Gasteiger partial charge on any atom is -0.338 e. The van der Waals surface area contributed by atoms with Crippen LogP contribution in [0.3, 0.4) is 0 Å². The third kappa shape index (κ3) is 2.65. The van der Waals surface area contributed by atoms with Crippen molar-refractivity contribution in [2.75, 3.05) is 13.1 Å². The highest BCUT2D eigenvalue weighted by atomic mass is 16.2. The Morgan fingerprint density at radius 1 is 1.00 bits per heavy atom. The number of rotatable bonds is 1. The van der Waals surface area contributed by atoms with Gasteiger partial charge in [0, 0.05) is 18.8 Å². The van der Waals surface area contributed by atoms with Gasteiger partial charge in [0.25, 0.3) is 11.5 Å². The molecule has 1 aromatic heterocycles. The number of H-pyrrole nitrogens is 1. The molecule has 0 saturated carbocycles. The molecule has 1 N–H and O–H groups in total. The molecule has 0 spiro atoms. The summed E-state index contributed by atoms with van der Waals surface area (Å²) in [5.74, 6) is -0.0819. The number of aromatic nitrogens is 1. The second-order valence-corrected chi connectivity index (χ2v) is 5.93. The molecular formula is C16H22N2O2. The van der Waals surface area contributed by atoms with Crippen LogP contribution >= 0.6 is 0 Å². The third-order valence-electron chi connectivity index (χ3n) is 4.46. The van der Waals surface area contributed by atoms with Gasteiger partial charge in [-0.3, -0.25) is 9.59 Å². The fourth-order valence-corrected chi connectivity index (χ4v) is 3.28. The Kier molecular flexibility index (Phi) is 3.90. The molecule has 1 amide bonds. The standard InChI is InChI=1S/C16H22N2O2/c19-15-13(11-12-7-3-4-8-14(12)17-15)16(20)18-9-5-1-2-6-10-18/h11H,1-10H2,(H,17,19). The first-order valence-corrected chi connectivity index (χ1v) is 7.80. The van der Waals surface area contributed by atoms with E-state index < -0.39 is 0 Å². The summed E-state index contributed by atoms with van der Waals surface area (Å²) in [6.07, 6.45) is 8.66. The molecule has 0 aromatic carbocycles. The van der Waals surface area contributed by atoms with Crippen LogP contribution in [0.1, 0.15) is 60.1 Å². The van der Waals surface area contributed by atoms with Gasteiger partial charge in [-0.2, -0.15) is 0 Å². The molecule has 4 nitrogen and oxygen atoms in total. The molecule has 2 aliphatic rings. The maximum atomic E-state index is 12.6. The van der Waals surface area contributed by atoms with E-state index in [9.17, 15) is 9.59 Å². The average Bonchev–Trinajstić information content (AvgIpc) is 2.75. The van der Waals surface area contributed by atoms with Crippen LogP contribution in [-0.2, 0) is 12.8 Å². The summed E-state index contributed by atoms with van der Waals surface area (Å²) in [5, 5.41) is 0. The quantitative estimate of drug-likeness (QED) is 0.854. The Morgan fingerprint density at radius 3 is 2.45 bits per heavy atom. The summed E-state index contributed by atoms with van der Waals surface area (Å²) < 4.78 is 0. The molecule has 20 heavy (non-hydrogen) atoms. The summed E-state index contributed by atoms with van der Waals surface area (Å²) in [6.45, 7) is 1.57. The molecule has 0 atom stereocenters. The molecule has 2 heterocycles. The highest BCUT2D eigenvalue weighted by molar-refractivity contribution is 5.94. The fourth-order valence-electron chi connectivity index (χ4n) is 3.28. The van der Waals surface area contributed by atoms with E-state index in [-0.39, 0.29) is 11.5 Å². The van der Waals surface area contributed by atoms with E-state index in [0.717, 1.165) is 62.9 Å². The van der Waals surface area contributed by atoms with Crippen molar-refractivity contribution in [1.29, 1.82) is 0 Å². The van der Waals surface area contributed by atoms with E-state index in [0.29, 0.717) is 5.56 Å². The number of hydrogen-bond donors (Lipinski definition) is 1. The lowest BCUT2D eigenvalue weighted by Crippen LogP contribution is -2.36.